The van der Waals surface area contributed by atoms with Gasteiger partial charge in [0.2, 0.25) is 5.89 Å². The standard InChI is InChI=1S/C11H11N3O6S/c1-6-12-13-11(20-6)14-21(17,18)7-3-4-9(19-2)8(5-7)10(15)16/h3-5H,1-2H3,(H,13,14)(H,15,16). The molecule has 21 heavy (non-hydrogen) atoms. The van der Waals surface area contributed by atoms with Gasteiger partial charge in [-0.3, -0.25) is 0 Å². The highest BCUT2D eigenvalue weighted by molar-refractivity contribution is 7.92. The van der Waals surface area contributed by atoms with Gasteiger partial charge in [-0.25, -0.2) is 17.9 Å². The Balaban J connectivity index is 2.40. The average Bonchev–Trinajstić information content (AvgIpc) is 2.82. The van der Waals surface area contributed by atoms with Gasteiger partial charge in [0.15, 0.2) is 0 Å². The second-order valence-electron chi connectivity index (χ2n) is 3.90. The molecule has 1 aromatic heterocycles. The van der Waals surface area contributed by atoms with Crippen LogP contribution in [0.3, 0.4) is 0 Å². The molecule has 2 aromatic rings. The monoisotopic (exact) mass is 313 g/mol. The van der Waals surface area contributed by atoms with Crippen molar-refractivity contribution in [1.29, 1.82) is 0 Å². The lowest BCUT2D eigenvalue weighted by Crippen LogP contribution is -2.14. The number of hydrogen-bond donors (Lipinski definition) is 2. The van der Waals surface area contributed by atoms with Crippen molar-refractivity contribution in [2.75, 3.05) is 11.8 Å². The minimum Gasteiger partial charge on any atom is -0.496 e. The summed E-state index contributed by atoms with van der Waals surface area (Å²) in [6, 6.07) is 3.13. The molecule has 0 aliphatic rings. The fourth-order valence-electron chi connectivity index (χ4n) is 1.53. The Morgan fingerprint density at radius 3 is 2.62 bits per heavy atom. The molecule has 0 spiro atoms. The van der Waals surface area contributed by atoms with E-state index in [9.17, 15) is 13.2 Å². The number of hydrogen-bond acceptors (Lipinski definition) is 7. The molecule has 0 aliphatic carbocycles. The molecule has 0 saturated carbocycles. The Labute approximate surface area is 119 Å². The van der Waals surface area contributed by atoms with Crippen LogP contribution in [0.2, 0.25) is 0 Å². The van der Waals surface area contributed by atoms with E-state index in [2.05, 4.69) is 14.9 Å². The number of aromatic nitrogens is 2. The number of methoxy groups -OCH3 is 1. The number of nitrogens with one attached hydrogen (secondary N) is 1. The van der Waals surface area contributed by atoms with E-state index >= 15 is 0 Å². The number of carboxylic acid groups (broad SMARTS) is 1. The van der Waals surface area contributed by atoms with Crippen molar-refractivity contribution in [1.82, 2.24) is 10.2 Å². The summed E-state index contributed by atoms with van der Waals surface area (Å²) in [5, 5.41) is 16.0. The zero-order valence-electron chi connectivity index (χ0n) is 11.0. The zero-order valence-corrected chi connectivity index (χ0v) is 11.8. The molecule has 9 nitrogen and oxygen atoms in total. The number of rotatable bonds is 5. The summed E-state index contributed by atoms with van der Waals surface area (Å²) in [6.45, 7) is 1.50. The number of carbonyl (C=O) groups is 1. The van der Waals surface area contributed by atoms with E-state index in [1.807, 2.05) is 0 Å². The van der Waals surface area contributed by atoms with Crippen LogP contribution in [0, 0.1) is 6.92 Å². The molecule has 1 aromatic carbocycles. The molecule has 2 rings (SSSR count). The van der Waals surface area contributed by atoms with Gasteiger partial charge in [-0.1, -0.05) is 5.10 Å². The van der Waals surface area contributed by atoms with Gasteiger partial charge in [0, 0.05) is 6.92 Å². The number of anilines is 1. The summed E-state index contributed by atoms with van der Waals surface area (Å²) in [4.78, 5) is 10.8. The molecule has 10 heteroatoms. The topological polar surface area (TPSA) is 132 Å². The van der Waals surface area contributed by atoms with Gasteiger partial charge in [0.25, 0.3) is 10.0 Å². The van der Waals surface area contributed by atoms with E-state index in [1.54, 1.807) is 0 Å². The quantitative estimate of drug-likeness (QED) is 0.831. The van der Waals surface area contributed by atoms with Gasteiger partial charge in [0.05, 0.1) is 12.0 Å². The van der Waals surface area contributed by atoms with Gasteiger partial charge in [-0.05, 0) is 18.2 Å². The number of aromatic carboxylic acids is 1. The van der Waals surface area contributed by atoms with Crippen LogP contribution >= 0.6 is 0 Å². The Bertz CT molecular complexity index is 783. The summed E-state index contributed by atoms with van der Waals surface area (Å²) in [5.74, 6) is -1.07. The number of sulfonamides is 1. The highest BCUT2D eigenvalue weighted by Crippen LogP contribution is 2.23. The summed E-state index contributed by atoms with van der Waals surface area (Å²) in [5.41, 5.74) is -0.276. The van der Waals surface area contributed by atoms with Crippen LogP contribution < -0.4 is 9.46 Å². The van der Waals surface area contributed by atoms with Crippen LogP contribution in [-0.2, 0) is 10.0 Å². The summed E-state index contributed by atoms with van der Waals surface area (Å²) < 4.78 is 36.1. The molecular formula is C11H11N3O6S. The molecular weight excluding hydrogens is 302 g/mol. The second kappa shape index (κ2) is 5.40. The second-order valence-corrected chi connectivity index (χ2v) is 5.58. The van der Waals surface area contributed by atoms with Crippen molar-refractivity contribution >= 4 is 22.0 Å². The molecule has 0 fully saturated rings. The number of benzene rings is 1. The first-order valence-electron chi connectivity index (χ1n) is 5.58. The van der Waals surface area contributed by atoms with Crippen molar-refractivity contribution in [2.24, 2.45) is 0 Å². The first-order chi connectivity index (χ1) is 9.83. The maximum Gasteiger partial charge on any atom is 0.339 e. The average molecular weight is 313 g/mol. The fraction of sp³-hybridized carbons (Fsp3) is 0.182. The molecule has 0 radical (unpaired) electrons. The smallest absolute Gasteiger partial charge is 0.339 e. The highest BCUT2D eigenvalue weighted by atomic mass is 32.2. The molecule has 0 aliphatic heterocycles. The van der Waals surface area contributed by atoms with Gasteiger partial charge in [-0.2, -0.15) is 0 Å². The van der Waals surface area contributed by atoms with Gasteiger partial charge < -0.3 is 14.3 Å². The lowest BCUT2D eigenvalue weighted by Gasteiger charge is -2.08. The van der Waals surface area contributed by atoms with E-state index in [4.69, 9.17) is 14.3 Å². The lowest BCUT2D eigenvalue weighted by atomic mass is 10.2. The summed E-state index contributed by atoms with van der Waals surface area (Å²) in [7, 11) is -2.76. The van der Waals surface area contributed by atoms with E-state index in [0.29, 0.717) is 0 Å². The van der Waals surface area contributed by atoms with Crippen LogP contribution in [0.15, 0.2) is 27.5 Å². The Hall–Kier alpha value is -2.62. The number of aryl methyl sites for hydroxylation is 1. The van der Waals surface area contributed by atoms with Crippen molar-refractivity contribution < 1.29 is 27.5 Å². The predicted molar refractivity (Wildman–Crippen MR) is 69.8 cm³/mol. The van der Waals surface area contributed by atoms with E-state index in [0.717, 1.165) is 6.07 Å². The first-order valence-corrected chi connectivity index (χ1v) is 7.06. The molecule has 0 atom stereocenters. The molecule has 1 heterocycles. The third kappa shape index (κ3) is 3.11. The highest BCUT2D eigenvalue weighted by Gasteiger charge is 2.21. The van der Waals surface area contributed by atoms with Crippen molar-refractivity contribution in [3.05, 3.63) is 29.7 Å². The van der Waals surface area contributed by atoms with Crippen LogP contribution in [0.4, 0.5) is 6.01 Å². The zero-order chi connectivity index (χ0) is 15.6. The van der Waals surface area contributed by atoms with Crippen molar-refractivity contribution in [3.8, 4) is 5.75 Å². The molecule has 112 valence electrons. The first kappa shape index (κ1) is 14.8. The Morgan fingerprint density at radius 2 is 2.10 bits per heavy atom. The third-order valence-corrected chi connectivity index (χ3v) is 3.78. The number of carboxylic acids is 1. The summed E-state index contributed by atoms with van der Waals surface area (Å²) in [6.07, 6.45) is 0. The lowest BCUT2D eigenvalue weighted by molar-refractivity contribution is 0.0693. The van der Waals surface area contributed by atoms with Crippen LogP contribution in [0.1, 0.15) is 16.2 Å². The maximum absolute atomic E-state index is 12.1. The summed E-state index contributed by atoms with van der Waals surface area (Å²) >= 11 is 0. The van der Waals surface area contributed by atoms with Gasteiger partial charge in [-0.15, -0.1) is 5.10 Å². The van der Waals surface area contributed by atoms with Crippen LogP contribution in [-0.4, -0.2) is 36.8 Å². The Morgan fingerprint density at radius 1 is 1.38 bits per heavy atom. The Kier molecular flexibility index (Phi) is 3.80. The molecule has 0 unspecified atom stereocenters. The van der Waals surface area contributed by atoms with E-state index < -0.39 is 16.0 Å². The molecule has 0 bridgehead atoms. The molecule has 0 amide bonds. The van der Waals surface area contributed by atoms with E-state index in [-0.39, 0.29) is 28.1 Å². The fourth-order valence-corrected chi connectivity index (χ4v) is 2.48. The third-order valence-electron chi connectivity index (χ3n) is 2.46. The minimum absolute atomic E-state index is 0.0510. The van der Waals surface area contributed by atoms with E-state index in [1.165, 1.54) is 26.2 Å². The van der Waals surface area contributed by atoms with Gasteiger partial charge in [0.1, 0.15) is 11.3 Å². The maximum atomic E-state index is 12.1. The number of nitrogens with zero attached hydrogens (tertiary/aromatic N) is 2. The largest absolute Gasteiger partial charge is 0.496 e. The SMILES string of the molecule is COc1ccc(S(=O)(=O)Nc2nnc(C)o2)cc1C(=O)O. The molecule has 2 N–H and O–H groups in total. The van der Waals surface area contributed by atoms with Crippen molar-refractivity contribution in [2.45, 2.75) is 11.8 Å². The van der Waals surface area contributed by atoms with Crippen LogP contribution in [0.25, 0.3) is 0 Å². The normalized spacial score (nSPS) is 11.1. The minimum atomic E-state index is -4.05. The van der Waals surface area contributed by atoms with Gasteiger partial charge >= 0.3 is 12.0 Å². The molecule has 0 saturated heterocycles. The number of ether oxygens (including phenoxy) is 1. The van der Waals surface area contributed by atoms with Crippen molar-refractivity contribution in [3.63, 3.8) is 0 Å². The predicted octanol–water partition coefficient (Wildman–Crippen LogP) is 0.886. The van der Waals surface area contributed by atoms with Crippen LogP contribution in [0.5, 0.6) is 5.75 Å².